The summed E-state index contributed by atoms with van der Waals surface area (Å²) in [6, 6.07) is 4.53. The van der Waals surface area contributed by atoms with E-state index in [1.807, 2.05) is 11.8 Å². The van der Waals surface area contributed by atoms with Crippen LogP contribution in [0.1, 0.15) is 73.4 Å². The highest BCUT2D eigenvalue weighted by atomic mass is 32.2. The molecule has 0 spiro atoms. The summed E-state index contributed by atoms with van der Waals surface area (Å²) in [4.78, 5) is 16.6. The second-order valence-electron chi connectivity index (χ2n) is 13.4. The lowest BCUT2D eigenvalue weighted by Gasteiger charge is -2.33. The first-order chi connectivity index (χ1) is 25.1. The number of rotatable bonds is 13. The Hall–Kier alpha value is -4.35. The number of hydrogen-bond acceptors (Lipinski definition) is 8. The third-order valence-corrected chi connectivity index (χ3v) is 10.2. The Bertz CT molecular complexity index is 2000. The summed E-state index contributed by atoms with van der Waals surface area (Å²) >= 11 is 0. The van der Waals surface area contributed by atoms with Crippen molar-refractivity contribution in [3.63, 3.8) is 0 Å². The molecule has 0 saturated heterocycles. The lowest BCUT2D eigenvalue weighted by Crippen LogP contribution is -2.33. The van der Waals surface area contributed by atoms with E-state index >= 15 is 0 Å². The van der Waals surface area contributed by atoms with E-state index in [1.165, 1.54) is 36.4 Å². The molecule has 8 nitrogen and oxygen atoms in total. The summed E-state index contributed by atoms with van der Waals surface area (Å²) in [6.45, 7) is 3.70. The van der Waals surface area contributed by atoms with E-state index < -0.39 is 51.1 Å². The van der Waals surface area contributed by atoms with E-state index in [0.717, 1.165) is 44.1 Å². The normalized spacial score (nSPS) is 15.1. The second kappa shape index (κ2) is 15.8. The van der Waals surface area contributed by atoms with Crippen LogP contribution in [0, 0.1) is 5.92 Å². The lowest BCUT2D eigenvalue weighted by molar-refractivity contribution is -0.143. The lowest BCUT2D eigenvalue weighted by atomic mass is 9.98. The highest BCUT2D eigenvalue weighted by molar-refractivity contribution is 7.90. The predicted molar refractivity (Wildman–Crippen MR) is 185 cm³/mol. The smallest absolute Gasteiger partial charge is 0.416 e. The predicted octanol–water partition coefficient (Wildman–Crippen LogP) is 9.29. The zero-order valence-electron chi connectivity index (χ0n) is 29.5. The van der Waals surface area contributed by atoms with Gasteiger partial charge in [0, 0.05) is 30.3 Å². The summed E-state index contributed by atoms with van der Waals surface area (Å²) in [5, 5.41) is 0.113. The highest BCUT2D eigenvalue weighted by Crippen LogP contribution is 2.40. The number of hydrogen-bond donors (Lipinski definition) is 0. The zero-order valence-corrected chi connectivity index (χ0v) is 30.3. The molecule has 1 aliphatic rings. The topological polar surface area (TPSA) is 88.5 Å². The summed E-state index contributed by atoms with van der Waals surface area (Å²) < 4.78 is 154. The maximum absolute atomic E-state index is 14.0. The van der Waals surface area contributed by atoms with Gasteiger partial charge in [-0.3, -0.25) is 0 Å². The van der Waals surface area contributed by atoms with Gasteiger partial charge in [-0.2, -0.15) is 39.5 Å². The number of nitrogens with zero attached hydrogens (tertiary/aromatic N) is 5. The number of ether oxygens (including phenoxy) is 1. The Morgan fingerprint density at radius 3 is 1.98 bits per heavy atom. The minimum atomic E-state index is -5.13. The minimum Gasteiger partial charge on any atom is -0.489 e. The van der Waals surface area contributed by atoms with Crippen molar-refractivity contribution in [3.8, 4) is 5.75 Å². The number of aromatic nitrogens is 3. The first kappa shape index (κ1) is 40.8. The van der Waals surface area contributed by atoms with Crippen molar-refractivity contribution in [3.05, 3.63) is 82.7 Å². The zero-order chi connectivity index (χ0) is 39.6. The van der Waals surface area contributed by atoms with Gasteiger partial charge in [0.05, 0.1) is 52.9 Å². The van der Waals surface area contributed by atoms with Gasteiger partial charge in [0.2, 0.25) is 5.95 Å². The molecule has 0 bridgehead atoms. The molecule has 54 heavy (non-hydrogen) atoms. The maximum atomic E-state index is 14.0. The van der Waals surface area contributed by atoms with Crippen LogP contribution in [0.4, 0.5) is 51.3 Å². The largest absolute Gasteiger partial charge is 0.489 e. The van der Waals surface area contributed by atoms with Crippen molar-refractivity contribution >= 4 is 32.5 Å². The Balaban J connectivity index is 1.66. The molecule has 18 heteroatoms. The molecule has 294 valence electrons. The number of sulfone groups is 1. The van der Waals surface area contributed by atoms with E-state index in [0.29, 0.717) is 42.5 Å². The standard InChI is InChI=1S/C36H38F9N5O3S/c1-4-49(20-23-7-5-6-8-23)32-26(13-25-16-27(34(37,38)39)9-10-31(25)48-32)21-50(33-46-18-30(19-47-33)53-11-12-54(3,51)52)22(2)24-14-28(35(40,41)42)17-29(15-24)36(43,44)45/h9-10,13-19,22-23H,4-8,11-12,20-21H2,1-3H3. The molecular weight excluding hydrogens is 753 g/mol. The van der Waals surface area contributed by atoms with Gasteiger partial charge >= 0.3 is 18.5 Å². The molecular formula is C36H38F9N5O3S. The quantitative estimate of drug-likeness (QED) is 0.124. The fourth-order valence-corrected chi connectivity index (χ4v) is 6.84. The summed E-state index contributed by atoms with van der Waals surface area (Å²) in [5.41, 5.74) is -3.80. The molecule has 2 aromatic carbocycles. The van der Waals surface area contributed by atoms with Crippen LogP contribution < -0.4 is 14.5 Å². The van der Waals surface area contributed by atoms with Gasteiger partial charge in [-0.05, 0) is 80.6 Å². The number of benzene rings is 2. The van der Waals surface area contributed by atoms with E-state index in [2.05, 4.69) is 9.97 Å². The third kappa shape index (κ3) is 10.2. The molecule has 2 aromatic heterocycles. The van der Waals surface area contributed by atoms with Crippen LogP contribution >= 0.6 is 0 Å². The van der Waals surface area contributed by atoms with Gasteiger partial charge < -0.3 is 14.5 Å². The maximum Gasteiger partial charge on any atom is 0.416 e. The van der Waals surface area contributed by atoms with Gasteiger partial charge in [0.25, 0.3) is 0 Å². The molecule has 1 aliphatic carbocycles. The van der Waals surface area contributed by atoms with Crippen LogP contribution in [0.3, 0.4) is 0 Å². The second-order valence-corrected chi connectivity index (χ2v) is 15.7. The van der Waals surface area contributed by atoms with E-state index in [4.69, 9.17) is 9.72 Å². The Morgan fingerprint density at radius 1 is 0.852 bits per heavy atom. The number of pyridine rings is 1. The summed E-state index contributed by atoms with van der Waals surface area (Å²) in [6.07, 6.45) is -7.59. The van der Waals surface area contributed by atoms with Crippen molar-refractivity contribution in [1.29, 1.82) is 0 Å². The Morgan fingerprint density at radius 2 is 1.44 bits per heavy atom. The van der Waals surface area contributed by atoms with Crippen LogP contribution in [-0.2, 0) is 34.9 Å². The summed E-state index contributed by atoms with van der Waals surface area (Å²) in [5.74, 6) is 0.238. The molecule has 1 unspecified atom stereocenters. The fourth-order valence-electron chi connectivity index (χ4n) is 6.45. The third-order valence-electron chi connectivity index (χ3n) is 9.33. The van der Waals surface area contributed by atoms with Crippen molar-refractivity contribution < 1.29 is 52.7 Å². The van der Waals surface area contributed by atoms with Crippen molar-refractivity contribution in [2.24, 2.45) is 5.92 Å². The van der Waals surface area contributed by atoms with Crippen LogP contribution in [0.5, 0.6) is 5.75 Å². The number of alkyl halides is 9. The average molecular weight is 792 g/mol. The van der Waals surface area contributed by atoms with Crippen LogP contribution in [0.25, 0.3) is 10.9 Å². The minimum absolute atomic E-state index is 0.0193. The highest BCUT2D eigenvalue weighted by Gasteiger charge is 2.38. The van der Waals surface area contributed by atoms with Gasteiger partial charge in [-0.1, -0.05) is 12.8 Å². The Labute approximate surface area is 306 Å². The van der Waals surface area contributed by atoms with Crippen molar-refractivity contribution in [1.82, 2.24) is 15.0 Å². The molecule has 0 N–H and O–H groups in total. The molecule has 0 radical (unpaired) electrons. The molecule has 1 saturated carbocycles. The van der Waals surface area contributed by atoms with Gasteiger partial charge in [-0.15, -0.1) is 0 Å². The van der Waals surface area contributed by atoms with Gasteiger partial charge in [0.1, 0.15) is 12.4 Å². The average Bonchev–Trinajstić information content (AvgIpc) is 3.60. The molecule has 0 aliphatic heterocycles. The van der Waals surface area contributed by atoms with Crippen molar-refractivity contribution in [2.45, 2.75) is 70.6 Å². The van der Waals surface area contributed by atoms with Gasteiger partial charge in [0.15, 0.2) is 15.6 Å². The molecule has 1 atom stereocenters. The van der Waals surface area contributed by atoms with E-state index in [1.54, 1.807) is 0 Å². The number of anilines is 2. The summed E-state index contributed by atoms with van der Waals surface area (Å²) in [7, 11) is -3.38. The molecule has 5 rings (SSSR count). The monoisotopic (exact) mass is 791 g/mol. The molecule has 1 fully saturated rings. The van der Waals surface area contributed by atoms with Gasteiger partial charge in [-0.25, -0.2) is 23.4 Å². The van der Waals surface area contributed by atoms with Crippen LogP contribution in [-0.4, -0.2) is 55.1 Å². The molecule has 4 aromatic rings. The number of halogens is 9. The fraction of sp³-hybridized carbons (Fsp3) is 0.472. The first-order valence-corrected chi connectivity index (χ1v) is 19.1. The van der Waals surface area contributed by atoms with E-state index in [-0.39, 0.29) is 53.1 Å². The van der Waals surface area contributed by atoms with Crippen LogP contribution in [0.2, 0.25) is 0 Å². The van der Waals surface area contributed by atoms with E-state index in [9.17, 15) is 47.9 Å². The molecule has 2 heterocycles. The molecule has 0 amide bonds. The SMILES string of the molecule is CCN(CC1CCCC1)c1nc2ccc(C(F)(F)F)cc2cc1CN(c1ncc(OCCS(C)(=O)=O)cn1)C(C)c1cc(C(F)(F)F)cc(C(F)(F)F)c1. The number of fused-ring (bicyclic) bond motifs is 1. The first-order valence-electron chi connectivity index (χ1n) is 17.1. The van der Waals surface area contributed by atoms with Crippen LogP contribution in [0.15, 0.2) is 54.9 Å². The van der Waals surface area contributed by atoms with Crippen molar-refractivity contribution in [2.75, 3.05) is 41.5 Å². The Kier molecular flexibility index (Phi) is 11.9.